The second-order valence-electron chi connectivity index (χ2n) is 4.93. The molecular weight excluding hydrogens is 256 g/mol. The SMILES string of the molecule is CCC(C)C(=O)Oc1ccc(OC(=O)C(C)CC)cc1. The highest BCUT2D eigenvalue weighted by atomic mass is 16.5. The van der Waals surface area contributed by atoms with Crippen molar-refractivity contribution in [3.8, 4) is 11.5 Å². The summed E-state index contributed by atoms with van der Waals surface area (Å²) >= 11 is 0. The van der Waals surface area contributed by atoms with E-state index >= 15 is 0 Å². The van der Waals surface area contributed by atoms with E-state index in [4.69, 9.17) is 9.47 Å². The Morgan fingerprint density at radius 2 is 1.15 bits per heavy atom. The topological polar surface area (TPSA) is 52.6 Å². The number of rotatable bonds is 6. The summed E-state index contributed by atoms with van der Waals surface area (Å²) in [6, 6.07) is 6.50. The molecule has 0 spiro atoms. The van der Waals surface area contributed by atoms with Gasteiger partial charge in [-0.15, -0.1) is 0 Å². The van der Waals surface area contributed by atoms with Gasteiger partial charge in [0.25, 0.3) is 0 Å². The minimum Gasteiger partial charge on any atom is -0.426 e. The van der Waals surface area contributed by atoms with Crippen molar-refractivity contribution in [3.63, 3.8) is 0 Å². The third-order valence-corrected chi connectivity index (χ3v) is 3.29. The van der Waals surface area contributed by atoms with Crippen LogP contribution in [0, 0.1) is 11.8 Å². The lowest BCUT2D eigenvalue weighted by Crippen LogP contribution is -2.17. The fraction of sp³-hybridized carbons (Fsp3) is 0.500. The monoisotopic (exact) mass is 278 g/mol. The van der Waals surface area contributed by atoms with Gasteiger partial charge in [0.2, 0.25) is 0 Å². The van der Waals surface area contributed by atoms with Gasteiger partial charge in [0.1, 0.15) is 11.5 Å². The maximum atomic E-state index is 11.6. The van der Waals surface area contributed by atoms with E-state index in [-0.39, 0.29) is 23.8 Å². The van der Waals surface area contributed by atoms with E-state index in [0.717, 1.165) is 12.8 Å². The van der Waals surface area contributed by atoms with Crippen molar-refractivity contribution in [2.75, 3.05) is 0 Å². The summed E-state index contributed by atoms with van der Waals surface area (Å²) in [4.78, 5) is 23.3. The molecule has 1 rings (SSSR count). The van der Waals surface area contributed by atoms with Gasteiger partial charge >= 0.3 is 11.9 Å². The minimum atomic E-state index is -0.253. The first kappa shape index (κ1) is 16.2. The Bertz CT molecular complexity index is 407. The molecule has 0 radical (unpaired) electrons. The second kappa shape index (κ2) is 7.68. The van der Waals surface area contributed by atoms with Gasteiger partial charge in [0.15, 0.2) is 0 Å². The molecule has 0 amide bonds. The van der Waals surface area contributed by atoms with Crippen molar-refractivity contribution in [2.45, 2.75) is 40.5 Å². The largest absolute Gasteiger partial charge is 0.426 e. The lowest BCUT2D eigenvalue weighted by Gasteiger charge is -2.11. The Morgan fingerprint density at radius 3 is 1.40 bits per heavy atom. The molecule has 2 atom stereocenters. The Hall–Kier alpha value is -1.84. The highest BCUT2D eigenvalue weighted by Crippen LogP contribution is 2.20. The first-order valence-electron chi connectivity index (χ1n) is 7.01. The van der Waals surface area contributed by atoms with Gasteiger partial charge in [-0.25, -0.2) is 0 Å². The highest BCUT2D eigenvalue weighted by molar-refractivity contribution is 5.75. The number of benzene rings is 1. The molecule has 0 fully saturated rings. The predicted octanol–water partition coefficient (Wildman–Crippen LogP) is 3.59. The highest BCUT2D eigenvalue weighted by Gasteiger charge is 2.14. The van der Waals surface area contributed by atoms with Gasteiger partial charge in [0.05, 0.1) is 11.8 Å². The van der Waals surface area contributed by atoms with E-state index in [2.05, 4.69) is 0 Å². The van der Waals surface area contributed by atoms with E-state index in [1.807, 2.05) is 27.7 Å². The van der Waals surface area contributed by atoms with Crippen LogP contribution in [0.4, 0.5) is 0 Å². The van der Waals surface area contributed by atoms with Crippen LogP contribution in [0.25, 0.3) is 0 Å². The van der Waals surface area contributed by atoms with E-state index in [0.29, 0.717) is 11.5 Å². The maximum Gasteiger partial charge on any atom is 0.314 e. The zero-order chi connectivity index (χ0) is 15.1. The van der Waals surface area contributed by atoms with Crippen LogP contribution >= 0.6 is 0 Å². The van der Waals surface area contributed by atoms with Crippen LogP contribution in [0.3, 0.4) is 0 Å². The van der Waals surface area contributed by atoms with Crippen molar-refractivity contribution in [1.29, 1.82) is 0 Å². The van der Waals surface area contributed by atoms with E-state index < -0.39 is 0 Å². The first-order valence-corrected chi connectivity index (χ1v) is 7.01. The average molecular weight is 278 g/mol. The summed E-state index contributed by atoms with van der Waals surface area (Å²) in [5.74, 6) is 0.154. The number of ether oxygens (including phenoxy) is 2. The van der Waals surface area contributed by atoms with Crippen molar-refractivity contribution in [2.24, 2.45) is 11.8 Å². The molecule has 1 aromatic carbocycles. The summed E-state index contributed by atoms with van der Waals surface area (Å²) in [6.07, 6.45) is 1.48. The van der Waals surface area contributed by atoms with Gasteiger partial charge in [-0.05, 0) is 37.1 Å². The third kappa shape index (κ3) is 4.68. The normalized spacial score (nSPS) is 13.4. The molecule has 0 N–H and O–H groups in total. The molecule has 0 aliphatic rings. The van der Waals surface area contributed by atoms with Gasteiger partial charge in [0, 0.05) is 0 Å². The molecule has 0 aliphatic carbocycles. The van der Waals surface area contributed by atoms with E-state index in [9.17, 15) is 9.59 Å². The molecular formula is C16H22O4. The number of hydrogen-bond acceptors (Lipinski definition) is 4. The summed E-state index contributed by atoms with van der Waals surface area (Å²) in [5, 5.41) is 0. The van der Waals surface area contributed by atoms with Crippen molar-refractivity contribution in [3.05, 3.63) is 24.3 Å². The van der Waals surface area contributed by atoms with Crippen LogP contribution in [0.2, 0.25) is 0 Å². The molecule has 1 aromatic rings. The number of carbonyl (C=O) groups excluding carboxylic acids is 2. The van der Waals surface area contributed by atoms with Gasteiger partial charge in [-0.3, -0.25) is 9.59 Å². The number of hydrogen-bond donors (Lipinski definition) is 0. The summed E-state index contributed by atoms with van der Waals surface area (Å²) in [6.45, 7) is 7.52. The smallest absolute Gasteiger partial charge is 0.314 e. The molecule has 0 heterocycles. The lowest BCUT2D eigenvalue weighted by atomic mass is 10.1. The Balaban J connectivity index is 2.61. The predicted molar refractivity (Wildman–Crippen MR) is 76.6 cm³/mol. The number of carbonyl (C=O) groups is 2. The number of esters is 2. The van der Waals surface area contributed by atoms with Crippen LogP contribution < -0.4 is 9.47 Å². The zero-order valence-electron chi connectivity index (χ0n) is 12.5. The van der Waals surface area contributed by atoms with Crippen LogP contribution in [0.15, 0.2) is 24.3 Å². The fourth-order valence-corrected chi connectivity index (χ4v) is 1.34. The van der Waals surface area contributed by atoms with Crippen LogP contribution in [0.5, 0.6) is 11.5 Å². The molecule has 4 heteroatoms. The average Bonchev–Trinajstić information content (AvgIpc) is 2.47. The van der Waals surface area contributed by atoms with Gasteiger partial charge < -0.3 is 9.47 Å². The molecule has 0 aromatic heterocycles. The lowest BCUT2D eigenvalue weighted by molar-refractivity contribution is -0.139. The molecule has 0 saturated carbocycles. The Kier molecular flexibility index (Phi) is 6.22. The van der Waals surface area contributed by atoms with Gasteiger partial charge in [-0.2, -0.15) is 0 Å². The first-order chi connectivity index (χ1) is 9.47. The molecule has 2 unspecified atom stereocenters. The van der Waals surface area contributed by atoms with Crippen molar-refractivity contribution < 1.29 is 19.1 Å². The van der Waals surface area contributed by atoms with Gasteiger partial charge in [-0.1, -0.05) is 27.7 Å². The minimum absolute atomic E-state index is 0.127. The van der Waals surface area contributed by atoms with Crippen LogP contribution in [0.1, 0.15) is 40.5 Å². The molecule has 20 heavy (non-hydrogen) atoms. The fourth-order valence-electron chi connectivity index (χ4n) is 1.34. The quantitative estimate of drug-likeness (QED) is 0.589. The molecule has 0 bridgehead atoms. The summed E-state index contributed by atoms with van der Waals surface area (Å²) in [5.41, 5.74) is 0. The Labute approximate surface area is 120 Å². The van der Waals surface area contributed by atoms with E-state index in [1.54, 1.807) is 24.3 Å². The molecule has 4 nitrogen and oxygen atoms in total. The molecule has 0 aliphatic heterocycles. The second-order valence-corrected chi connectivity index (χ2v) is 4.93. The summed E-state index contributed by atoms with van der Waals surface area (Å²) in [7, 11) is 0. The van der Waals surface area contributed by atoms with Crippen molar-refractivity contribution in [1.82, 2.24) is 0 Å². The van der Waals surface area contributed by atoms with Crippen LogP contribution in [-0.4, -0.2) is 11.9 Å². The molecule has 110 valence electrons. The zero-order valence-corrected chi connectivity index (χ0v) is 12.5. The van der Waals surface area contributed by atoms with Crippen LogP contribution in [-0.2, 0) is 9.59 Å². The van der Waals surface area contributed by atoms with Crippen molar-refractivity contribution >= 4 is 11.9 Å². The van der Waals surface area contributed by atoms with E-state index in [1.165, 1.54) is 0 Å². The summed E-state index contributed by atoms with van der Waals surface area (Å²) < 4.78 is 10.4. The third-order valence-electron chi connectivity index (χ3n) is 3.29. The molecule has 0 saturated heterocycles. The Morgan fingerprint density at radius 1 is 0.850 bits per heavy atom. The standard InChI is InChI=1S/C16H22O4/c1-5-11(3)15(17)19-13-7-9-14(10-8-13)20-16(18)12(4)6-2/h7-12H,5-6H2,1-4H3. The maximum absolute atomic E-state index is 11.6.